The third-order valence-corrected chi connectivity index (χ3v) is 5.76. The average Bonchev–Trinajstić information content (AvgIpc) is 2.76. The lowest BCUT2D eigenvalue weighted by Gasteiger charge is -2.32. The fraction of sp³-hybridized carbons (Fsp3) is 0.667. The quantitative estimate of drug-likeness (QED) is 0.793. The van der Waals surface area contributed by atoms with Crippen LogP contribution in [0.5, 0.6) is 0 Å². The fourth-order valence-corrected chi connectivity index (χ4v) is 4.23. The molecule has 0 amide bonds. The summed E-state index contributed by atoms with van der Waals surface area (Å²) in [6, 6.07) is 0. The minimum absolute atomic E-state index is 0.305. The van der Waals surface area contributed by atoms with Crippen LogP contribution < -0.4 is 4.90 Å². The first-order valence-electron chi connectivity index (χ1n) is 7.21. The number of anilines is 1. The second-order valence-electron chi connectivity index (χ2n) is 5.77. The molecule has 4 nitrogen and oxygen atoms in total. The first kappa shape index (κ1) is 16.6. The van der Waals surface area contributed by atoms with Crippen LogP contribution in [0.25, 0.3) is 0 Å². The van der Waals surface area contributed by atoms with Gasteiger partial charge in [-0.15, -0.1) is 11.3 Å². The number of carbonyl (C=O) groups is 1. The van der Waals surface area contributed by atoms with E-state index in [1.165, 1.54) is 31.3 Å². The van der Waals surface area contributed by atoms with Gasteiger partial charge in [-0.05, 0) is 45.8 Å². The van der Waals surface area contributed by atoms with Gasteiger partial charge in [0.15, 0.2) is 0 Å². The maximum absolute atomic E-state index is 11.9. The molecule has 1 aromatic heterocycles. The highest BCUT2D eigenvalue weighted by Gasteiger charge is 2.26. The van der Waals surface area contributed by atoms with Crippen LogP contribution >= 0.6 is 22.9 Å². The summed E-state index contributed by atoms with van der Waals surface area (Å²) in [5.74, 6) is 0.341. The zero-order valence-corrected chi connectivity index (χ0v) is 14.7. The maximum atomic E-state index is 11.9. The lowest BCUT2D eigenvalue weighted by molar-refractivity contribution is 0.0607. The molecule has 6 heteroatoms. The van der Waals surface area contributed by atoms with Crippen molar-refractivity contribution in [2.75, 3.05) is 45.7 Å². The van der Waals surface area contributed by atoms with E-state index in [2.05, 4.69) is 16.8 Å². The summed E-state index contributed by atoms with van der Waals surface area (Å²) in [6.45, 7) is 5.14. The highest BCUT2D eigenvalue weighted by molar-refractivity contribution is 7.15. The molecule has 0 aliphatic carbocycles. The molecule has 1 aliphatic rings. The Balaban J connectivity index is 2.14. The molecule has 1 fully saturated rings. The van der Waals surface area contributed by atoms with Gasteiger partial charge < -0.3 is 14.5 Å². The Kier molecular flexibility index (Phi) is 5.52. The van der Waals surface area contributed by atoms with Crippen molar-refractivity contribution in [3.63, 3.8) is 0 Å². The van der Waals surface area contributed by atoms with E-state index in [-0.39, 0.29) is 5.97 Å². The van der Waals surface area contributed by atoms with Crippen molar-refractivity contribution in [2.24, 2.45) is 5.92 Å². The van der Waals surface area contributed by atoms with Crippen LogP contribution in [0.4, 0.5) is 5.69 Å². The highest BCUT2D eigenvalue weighted by atomic mass is 35.5. The van der Waals surface area contributed by atoms with Gasteiger partial charge in [-0.2, -0.15) is 0 Å². The monoisotopic (exact) mass is 330 g/mol. The molecule has 0 saturated carbocycles. The Morgan fingerprint density at radius 2 is 2.10 bits per heavy atom. The topological polar surface area (TPSA) is 32.8 Å². The number of hydrogen-bond donors (Lipinski definition) is 0. The summed E-state index contributed by atoms with van der Waals surface area (Å²) in [6.07, 6.45) is 2.38. The van der Waals surface area contributed by atoms with Crippen molar-refractivity contribution in [1.82, 2.24) is 4.90 Å². The van der Waals surface area contributed by atoms with Crippen LogP contribution in [0.1, 0.15) is 27.4 Å². The van der Waals surface area contributed by atoms with Crippen molar-refractivity contribution in [3.05, 3.63) is 14.8 Å². The fourth-order valence-electron chi connectivity index (χ4n) is 2.81. The van der Waals surface area contributed by atoms with E-state index in [9.17, 15) is 4.79 Å². The van der Waals surface area contributed by atoms with E-state index in [4.69, 9.17) is 16.3 Å². The molecule has 1 aromatic rings. The van der Waals surface area contributed by atoms with Gasteiger partial charge >= 0.3 is 5.97 Å². The number of piperidine rings is 1. The minimum atomic E-state index is -0.305. The van der Waals surface area contributed by atoms with Gasteiger partial charge in [-0.25, -0.2) is 4.79 Å². The smallest absolute Gasteiger partial charge is 0.350 e. The molecule has 0 radical (unpaired) electrons. The summed E-state index contributed by atoms with van der Waals surface area (Å²) >= 11 is 7.81. The second-order valence-corrected chi connectivity index (χ2v) is 7.37. The van der Waals surface area contributed by atoms with E-state index in [0.717, 1.165) is 30.2 Å². The van der Waals surface area contributed by atoms with E-state index in [0.29, 0.717) is 15.8 Å². The number of nitrogens with zero attached hydrogens (tertiary/aromatic N) is 2. The van der Waals surface area contributed by atoms with Crippen molar-refractivity contribution in [1.29, 1.82) is 0 Å². The Bertz CT molecular complexity index is 510. The summed E-state index contributed by atoms with van der Waals surface area (Å²) < 4.78 is 4.88. The van der Waals surface area contributed by atoms with Crippen LogP contribution in [0.3, 0.4) is 0 Å². The van der Waals surface area contributed by atoms with Crippen molar-refractivity contribution in [3.8, 4) is 0 Å². The number of carbonyl (C=O) groups excluding carboxylic acids is 1. The lowest BCUT2D eigenvalue weighted by Crippen LogP contribution is -2.36. The average molecular weight is 331 g/mol. The van der Waals surface area contributed by atoms with Crippen molar-refractivity contribution in [2.45, 2.75) is 19.8 Å². The van der Waals surface area contributed by atoms with Crippen molar-refractivity contribution < 1.29 is 9.53 Å². The summed E-state index contributed by atoms with van der Waals surface area (Å²) in [7, 11) is 5.58. The molecule has 2 rings (SSSR count). The number of ether oxygens (including phenoxy) is 1. The van der Waals surface area contributed by atoms with E-state index >= 15 is 0 Å². The lowest BCUT2D eigenvalue weighted by atomic mass is 9.96. The standard InChI is InChI=1S/C15H23ClN2O2S/c1-10-12(16)13(14(21-10)15(19)20-4)18(3)9-11-5-7-17(2)8-6-11/h11H,5-9H2,1-4H3. The summed E-state index contributed by atoms with van der Waals surface area (Å²) in [5, 5.41) is 0.677. The number of hydrogen-bond acceptors (Lipinski definition) is 5. The predicted molar refractivity (Wildman–Crippen MR) is 88.9 cm³/mol. The number of aryl methyl sites for hydroxylation is 1. The molecule has 1 aliphatic heterocycles. The second kappa shape index (κ2) is 6.99. The number of thiophene rings is 1. The molecule has 21 heavy (non-hydrogen) atoms. The molecule has 0 N–H and O–H groups in total. The normalized spacial score (nSPS) is 17.0. The zero-order chi connectivity index (χ0) is 15.6. The molecule has 0 spiro atoms. The van der Waals surface area contributed by atoms with E-state index in [1.54, 1.807) is 0 Å². The Morgan fingerprint density at radius 1 is 1.48 bits per heavy atom. The number of likely N-dealkylation sites (tertiary alicyclic amines) is 1. The number of rotatable bonds is 4. The number of methoxy groups -OCH3 is 1. The third-order valence-electron chi connectivity index (χ3n) is 4.11. The maximum Gasteiger partial charge on any atom is 0.350 e. The van der Waals surface area contributed by atoms with Crippen LogP contribution in [0.2, 0.25) is 5.02 Å². The van der Waals surface area contributed by atoms with Gasteiger partial charge in [0.2, 0.25) is 0 Å². The van der Waals surface area contributed by atoms with Crippen LogP contribution in [-0.4, -0.2) is 51.7 Å². The molecule has 0 unspecified atom stereocenters. The summed E-state index contributed by atoms with van der Waals surface area (Å²) in [4.78, 5) is 18.0. The van der Waals surface area contributed by atoms with E-state index in [1.807, 2.05) is 14.0 Å². The van der Waals surface area contributed by atoms with Gasteiger partial charge in [-0.3, -0.25) is 0 Å². The molecule has 1 saturated heterocycles. The Hall–Kier alpha value is -0.780. The van der Waals surface area contributed by atoms with Crippen molar-refractivity contribution >= 4 is 34.6 Å². The van der Waals surface area contributed by atoms with Crippen LogP contribution in [0.15, 0.2) is 0 Å². The van der Waals surface area contributed by atoms with Crippen LogP contribution in [0, 0.1) is 12.8 Å². The number of esters is 1. The third kappa shape index (κ3) is 3.71. The molecule has 0 atom stereocenters. The summed E-state index contributed by atoms with van der Waals surface area (Å²) in [5.41, 5.74) is 0.824. The SMILES string of the molecule is COC(=O)c1sc(C)c(Cl)c1N(C)CC1CCN(C)CC1. The van der Waals surface area contributed by atoms with Gasteiger partial charge in [0.1, 0.15) is 4.88 Å². The minimum Gasteiger partial charge on any atom is -0.465 e. The molecule has 0 bridgehead atoms. The number of halogens is 1. The van der Waals surface area contributed by atoms with Crippen LogP contribution in [-0.2, 0) is 4.74 Å². The first-order chi connectivity index (χ1) is 9.93. The Morgan fingerprint density at radius 3 is 2.67 bits per heavy atom. The van der Waals surface area contributed by atoms with Gasteiger partial charge in [-0.1, -0.05) is 11.6 Å². The molecular formula is C15H23ClN2O2S. The molecule has 2 heterocycles. The van der Waals surface area contributed by atoms with Gasteiger partial charge in [0.05, 0.1) is 17.8 Å². The Labute approximate surface area is 135 Å². The first-order valence-corrected chi connectivity index (χ1v) is 8.40. The highest BCUT2D eigenvalue weighted by Crippen LogP contribution is 2.40. The van der Waals surface area contributed by atoms with Gasteiger partial charge in [0.25, 0.3) is 0 Å². The van der Waals surface area contributed by atoms with Gasteiger partial charge in [0, 0.05) is 18.5 Å². The van der Waals surface area contributed by atoms with E-state index < -0.39 is 0 Å². The molecule has 0 aromatic carbocycles. The zero-order valence-electron chi connectivity index (χ0n) is 13.1. The largest absolute Gasteiger partial charge is 0.465 e. The predicted octanol–water partition coefficient (Wildman–Crippen LogP) is 3.27. The molecule has 118 valence electrons. The molecular weight excluding hydrogens is 308 g/mol.